The standard InChI is InChI=1S/C17H22N4O5/c18-11-14-5-6-15(26-14)17(23)20-9-7-19(8-10-20)16(22)12-1-3-13(4-2-12)21(24)25/h1-4,14-15H,5-11,18H2/t14-,15+/m1/s1. The topological polar surface area (TPSA) is 119 Å². The fourth-order valence-electron chi connectivity index (χ4n) is 3.30. The minimum absolute atomic E-state index is 0.0385. The molecule has 9 heteroatoms. The third kappa shape index (κ3) is 3.83. The molecule has 2 amide bonds. The number of nitrogens with zero attached hydrogens (tertiary/aromatic N) is 3. The highest BCUT2D eigenvalue weighted by molar-refractivity contribution is 5.94. The van der Waals surface area contributed by atoms with Crippen LogP contribution in [0, 0.1) is 10.1 Å². The lowest BCUT2D eigenvalue weighted by Crippen LogP contribution is -2.53. The molecular formula is C17H22N4O5. The zero-order chi connectivity index (χ0) is 18.7. The summed E-state index contributed by atoms with van der Waals surface area (Å²) in [6.45, 7) is 2.17. The van der Waals surface area contributed by atoms with E-state index < -0.39 is 11.0 Å². The van der Waals surface area contributed by atoms with E-state index in [0.29, 0.717) is 44.7 Å². The minimum Gasteiger partial charge on any atom is -0.364 e. The number of nitro groups is 1. The number of nitrogens with two attached hydrogens (primary N) is 1. The number of benzene rings is 1. The molecule has 2 aliphatic heterocycles. The summed E-state index contributed by atoms with van der Waals surface area (Å²) >= 11 is 0. The van der Waals surface area contributed by atoms with Crippen molar-refractivity contribution >= 4 is 17.5 Å². The van der Waals surface area contributed by atoms with Crippen LogP contribution in [0.5, 0.6) is 0 Å². The van der Waals surface area contributed by atoms with Gasteiger partial charge in [0.05, 0.1) is 11.0 Å². The Morgan fingerprint density at radius 2 is 1.73 bits per heavy atom. The fourth-order valence-corrected chi connectivity index (χ4v) is 3.30. The van der Waals surface area contributed by atoms with Crippen molar-refractivity contribution in [2.24, 2.45) is 5.73 Å². The van der Waals surface area contributed by atoms with Crippen LogP contribution < -0.4 is 5.73 Å². The lowest BCUT2D eigenvalue weighted by Gasteiger charge is -2.35. The van der Waals surface area contributed by atoms with Crippen molar-refractivity contribution < 1.29 is 19.2 Å². The number of carbonyl (C=O) groups excluding carboxylic acids is 2. The summed E-state index contributed by atoms with van der Waals surface area (Å²) in [5, 5.41) is 10.7. The van der Waals surface area contributed by atoms with Crippen molar-refractivity contribution in [3.05, 3.63) is 39.9 Å². The summed E-state index contributed by atoms with van der Waals surface area (Å²) in [6, 6.07) is 5.55. The Labute approximate surface area is 150 Å². The maximum absolute atomic E-state index is 12.5. The number of piperazine rings is 1. The van der Waals surface area contributed by atoms with Crippen LogP contribution in [-0.4, -0.2) is 71.5 Å². The van der Waals surface area contributed by atoms with Crippen molar-refractivity contribution in [2.45, 2.75) is 25.0 Å². The first-order valence-corrected chi connectivity index (χ1v) is 8.67. The predicted molar refractivity (Wildman–Crippen MR) is 92.5 cm³/mol. The molecule has 0 spiro atoms. The van der Waals surface area contributed by atoms with Crippen LogP contribution in [0.4, 0.5) is 5.69 Å². The van der Waals surface area contributed by atoms with Crippen molar-refractivity contribution in [1.29, 1.82) is 0 Å². The summed E-state index contributed by atoms with van der Waals surface area (Å²) in [4.78, 5) is 38.6. The molecule has 26 heavy (non-hydrogen) atoms. The van der Waals surface area contributed by atoms with Gasteiger partial charge in [-0.15, -0.1) is 0 Å². The van der Waals surface area contributed by atoms with Gasteiger partial charge in [-0.25, -0.2) is 0 Å². The van der Waals surface area contributed by atoms with Crippen molar-refractivity contribution in [3.63, 3.8) is 0 Å². The quantitative estimate of drug-likeness (QED) is 0.611. The molecule has 2 N–H and O–H groups in total. The van der Waals surface area contributed by atoms with E-state index in [9.17, 15) is 19.7 Å². The Hall–Kier alpha value is -2.52. The molecule has 0 unspecified atom stereocenters. The van der Waals surface area contributed by atoms with E-state index in [1.54, 1.807) is 9.80 Å². The Kier molecular flexibility index (Phi) is 5.48. The molecule has 9 nitrogen and oxygen atoms in total. The first-order valence-electron chi connectivity index (χ1n) is 8.67. The van der Waals surface area contributed by atoms with Gasteiger partial charge in [0, 0.05) is 50.4 Å². The number of rotatable bonds is 4. The van der Waals surface area contributed by atoms with Crippen LogP contribution in [0.1, 0.15) is 23.2 Å². The number of non-ortho nitro benzene ring substituents is 1. The molecule has 140 valence electrons. The fraction of sp³-hybridized carbons (Fsp3) is 0.529. The van der Waals surface area contributed by atoms with E-state index >= 15 is 0 Å². The van der Waals surface area contributed by atoms with Crippen LogP contribution >= 0.6 is 0 Å². The first kappa shape index (κ1) is 18.3. The van der Waals surface area contributed by atoms with Crippen LogP contribution in [-0.2, 0) is 9.53 Å². The molecule has 3 rings (SSSR count). The van der Waals surface area contributed by atoms with Gasteiger partial charge in [0.15, 0.2) is 0 Å². The lowest BCUT2D eigenvalue weighted by atomic mass is 10.1. The SMILES string of the molecule is NC[C@H]1CC[C@@H](C(=O)N2CCN(C(=O)c3ccc([N+](=O)[O-])cc3)CC2)O1. The average molecular weight is 362 g/mol. The van der Waals surface area contributed by atoms with Gasteiger partial charge in [0.1, 0.15) is 6.10 Å². The molecule has 0 bridgehead atoms. The Balaban J connectivity index is 1.54. The van der Waals surface area contributed by atoms with E-state index in [1.807, 2.05) is 0 Å². The minimum atomic E-state index is -0.501. The molecule has 1 aromatic rings. The third-order valence-corrected chi connectivity index (χ3v) is 4.85. The predicted octanol–water partition coefficient (Wildman–Crippen LogP) is 0.386. The van der Waals surface area contributed by atoms with Gasteiger partial charge in [-0.2, -0.15) is 0 Å². The van der Waals surface area contributed by atoms with E-state index in [0.717, 1.165) is 6.42 Å². The first-order chi connectivity index (χ1) is 12.5. The van der Waals surface area contributed by atoms with Gasteiger partial charge in [-0.05, 0) is 25.0 Å². The number of carbonyl (C=O) groups is 2. The Morgan fingerprint density at radius 1 is 1.12 bits per heavy atom. The number of hydrogen-bond donors (Lipinski definition) is 1. The molecule has 1 aromatic carbocycles. The molecule has 2 saturated heterocycles. The zero-order valence-electron chi connectivity index (χ0n) is 14.4. The largest absolute Gasteiger partial charge is 0.364 e. The number of ether oxygens (including phenoxy) is 1. The van der Waals surface area contributed by atoms with Crippen LogP contribution in [0.15, 0.2) is 24.3 Å². The van der Waals surface area contributed by atoms with E-state index in [2.05, 4.69) is 0 Å². The van der Waals surface area contributed by atoms with Gasteiger partial charge >= 0.3 is 0 Å². The molecule has 2 aliphatic rings. The Morgan fingerprint density at radius 3 is 2.27 bits per heavy atom. The molecule has 0 radical (unpaired) electrons. The summed E-state index contributed by atoms with van der Waals surface area (Å²) in [5.41, 5.74) is 5.93. The van der Waals surface area contributed by atoms with E-state index in [-0.39, 0.29) is 23.6 Å². The van der Waals surface area contributed by atoms with Crippen molar-refractivity contribution in [1.82, 2.24) is 9.80 Å². The van der Waals surface area contributed by atoms with E-state index in [4.69, 9.17) is 10.5 Å². The summed E-state index contributed by atoms with van der Waals surface area (Å²) in [5.74, 6) is -0.226. The second-order valence-electron chi connectivity index (χ2n) is 6.48. The summed E-state index contributed by atoms with van der Waals surface area (Å²) < 4.78 is 5.65. The van der Waals surface area contributed by atoms with Crippen molar-refractivity contribution in [3.8, 4) is 0 Å². The maximum atomic E-state index is 12.5. The third-order valence-electron chi connectivity index (χ3n) is 4.85. The molecule has 0 aliphatic carbocycles. The monoisotopic (exact) mass is 362 g/mol. The molecule has 0 aromatic heterocycles. The lowest BCUT2D eigenvalue weighted by molar-refractivity contribution is -0.384. The molecule has 2 heterocycles. The molecule has 2 fully saturated rings. The van der Waals surface area contributed by atoms with Crippen LogP contribution in [0.3, 0.4) is 0 Å². The second kappa shape index (κ2) is 7.79. The number of nitro benzene ring substituents is 1. The zero-order valence-corrected chi connectivity index (χ0v) is 14.4. The van der Waals surface area contributed by atoms with Gasteiger partial charge in [-0.1, -0.05) is 0 Å². The molecular weight excluding hydrogens is 340 g/mol. The average Bonchev–Trinajstić information content (AvgIpc) is 3.16. The number of amides is 2. The molecule has 2 atom stereocenters. The van der Waals surface area contributed by atoms with Gasteiger partial charge in [-0.3, -0.25) is 19.7 Å². The summed E-state index contributed by atoms with van der Waals surface area (Å²) in [7, 11) is 0. The van der Waals surface area contributed by atoms with Crippen LogP contribution in [0.25, 0.3) is 0 Å². The van der Waals surface area contributed by atoms with E-state index in [1.165, 1.54) is 24.3 Å². The number of hydrogen-bond acceptors (Lipinski definition) is 6. The smallest absolute Gasteiger partial charge is 0.269 e. The second-order valence-corrected chi connectivity index (χ2v) is 6.48. The van der Waals surface area contributed by atoms with Gasteiger partial charge < -0.3 is 20.3 Å². The Bertz CT molecular complexity index is 685. The normalized spacial score (nSPS) is 23.1. The maximum Gasteiger partial charge on any atom is 0.269 e. The molecule has 0 saturated carbocycles. The highest BCUT2D eigenvalue weighted by Gasteiger charge is 2.34. The highest BCUT2D eigenvalue weighted by Crippen LogP contribution is 2.22. The summed E-state index contributed by atoms with van der Waals surface area (Å²) in [6.07, 6.45) is 1.00. The van der Waals surface area contributed by atoms with Gasteiger partial charge in [0.2, 0.25) is 0 Å². The van der Waals surface area contributed by atoms with Crippen molar-refractivity contribution in [2.75, 3.05) is 32.7 Å². The van der Waals surface area contributed by atoms with Crippen LogP contribution in [0.2, 0.25) is 0 Å². The highest BCUT2D eigenvalue weighted by atomic mass is 16.6. The van der Waals surface area contributed by atoms with Gasteiger partial charge in [0.25, 0.3) is 17.5 Å².